The van der Waals surface area contributed by atoms with E-state index < -0.39 is 5.97 Å². The lowest BCUT2D eigenvalue weighted by Gasteiger charge is -2.24. The van der Waals surface area contributed by atoms with E-state index in [9.17, 15) is 4.79 Å². The molecule has 0 bridgehead atoms. The quantitative estimate of drug-likeness (QED) is 0.888. The molecule has 0 radical (unpaired) electrons. The number of methoxy groups -OCH3 is 1. The number of carboxylic acids is 1. The molecule has 0 spiro atoms. The van der Waals surface area contributed by atoms with Gasteiger partial charge in [0.25, 0.3) is 0 Å². The van der Waals surface area contributed by atoms with E-state index >= 15 is 0 Å². The van der Waals surface area contributed by atoms with Crippen molar-refractivity contribution in [1.82, 2.24) is 0 Å². The second kappa shape index (κ2) is 6.99. The number of carbonyl (C=O) groups is 1. The van der Waals surface area contributed by atoms with Gasteiger partial charge in [0.15, 0.2) is 0 Å². The first-order valence-electron chi connectivity index (χ1n) is 6.44. The lowest BCUT2D eigenvalue weighted by Crippen LogP contribution is -2.29. The minimum atomic E-state index is -0.889. The highest BCUT2D eigenvalue weighted by molar-refractivity contribution is 6.30. The zero-order valence-electron chi connectivity index (χ0n) is 11.6. The largest absolute Gasteiger partial charge is 0.496 e. The number of nitrogens with zero attached hydrogens (tertiary/aromatic N) is 1. The molecule has 2 aromatic carbocycles. The van der Waals surface area contributed by atoms with Gasteiger partial charge in [-0.3, -0.25) is 4.79 Å². The molecule has 2 aromatic rings. The van der Waals surface area contributed by atoms with Crippen LogP contribution >= 0.6 is 11.6 Å². The summed E-state index contributed by atoms with van der Waals surface area (Å²) >= 11 is 6.02. The monoisotopic (exact) mass is 305 g/mol. The lowest BCUT2D eigenvalue weighted by atomic mass is 10.1. The average molecular weight is 306 g/mol. The summed E-state index contributed by atoms with van der Waals surface area (Å²) in [6.07, 6.45) is 0. The predicted octanol–water partition coefficient (Wildman–Crippen LogP) is 3.44. The number of halogens is 1. The maximum absolute atomic E-state index is 11.1. The van der Waals surface area contributed by atoms with Gasteiger partial charge in [0.1, 0.15) is 12.3 Å². The predicted molar refractivity (Wildman–Crippen MR) is 83.1 cm³/mol. The Morgan fingerprint density at radius 1 is 1.24 bits per heavy atom. The zero-order valence-corrected chi connectivity index (χ0v) is 12.4. The molecule has 2 rings (SSSR count). The summed E-state index contributed by atoms with van der Waals surface area (Å²) in [7, 11) is 1.58. The van der Waals surface area contributed by atoms with Crippen molar-refractivity contribution in [2.45, 2.75) is 6.54 Å². The Balaban J connectivity index is 2.31. The molecule has 0 amide bonds. The average Bonchev–Trinajstić information content (AvgIpc) is 2.47. The molecule has 0 fully saturated rings. The molecule has 5 heteroatoms. The Labute approximate surface area is 128 Å². The molecule has 0 aliphatic rings. The van der Waals surface area contributed by atoms with Crippen molar-refractivity contribution >= 4 is 23.3 Å². The van der Waals surface area contributed by atoms with E-state index in [1.165, 1.54) is 0 Å². The summed E-state index contributed by atoms with van der Waals surface area (Å²) in [6.45, 7) is 0.305. The first kappa shape index (κ1) is 15.2. The second-order valence-electron chi connectivity index (χ2n) is 4.54. The van der Waals surface area contributed by atoms with Crippen LogP contribution in [0.25, 0.3) is 0 Å². The van der Waals surface area contributed by atoms with Crippen LogP contribution in [0.4, 0.5) is 5.69 Å². The van der Waals surface area contributed by atoms with E-state index in [1.807, 2.05) is 30.3 Å². The van der Waals surface area contributed by atoms with Gasteiger partial charge in [-0.25, -0.2) is 0 Å². The number of aliphatic carboxylic acids is 1. The Kier molecular flexibility index (Phi) is 5.06. The molecule has 0 unspecified atom stereocenters. The third-order valence-electron chi connectivity index (χ3n) is 3.05. The molecule has 0 aliphatic heterocycles. The van der Waals surface area contributed by atoms with Crippen molar-refractivity contribution in [2.24, 2.45) is 0 Å². The van der Waals surface area contributed by atoms with Gasteiger partial charge >= 0.3 is 5.97 Å². The minimum absolute atomic E-state index is 0.0975. The van der Waals surface area contributed by atoms with Crippen molar-refractivity contribution in [2.75, 3.05) is 18.6 Å². The summed E-state index contributed by atoms with van der Waals surface area (Å²) in [6, 6.07) is 14.7. The zero-order chi connectivity index (χ0) is 15.2. The van der Waals surface area contributed by atoms with Gasteiger partial charge in [-0.15, -0.1) is 0 Å². The highest BCUT2D eigenvalue weighted by Crippen LogP contribution is 2.26. The van der Waals surface area contributed by atoms with Crippen LogP contribution in [0, 0.1) is 0 Å². The summed E-state index contributed by atoms with van der Waals surface area (Å²) in [5.74, 6) is -0.203. The van der Waals surface area contributed by atoms with Crippen molar-refractivity contribution in [1.29, 1.82) is 0 Å². The van der Waals surface area contributed by atoms with Crippen LogP contribution in [-0.2, 0) is 11.3 Å². The Morgan fingerprint density at radius 2 is 1.95 bits per heavy atom. The van der Waals surface area contributed by atoms with Crippen LogP contribution in [0.15, 0.2) is 48.5 Å². The second-order valence-corrected chi connectivity index (χ2v) is 4.98. The van der Waals surface area contributed by atoms with Crippen LogP contribution in [0.1, 0.15) is 5.56 Å². The van der Waals surface area contributed by atoms with E-state index in [4.69, 9.17) is 21.4 Å². The minimum Gasteiger partial charge on any atom is -0.496 e. The van der Waals surface area contributed by atoms with Crippen molar-refractivity contribution in [3.63, 3.8) is 0 Å². The highest BCUT2D eigenvalue weighted by Gasteiger charge is 2.14. The fraction of sp³-hybridized carbons (Fsp3) is 0.188. The smallest absolute Gasteiger partial charge is 0.323 e. The Bertz CT molecular complexity index is 616. The van der Waals surface area contributed by atoms with Crippen LogP contribution in [0.3, 0.4) is 0 Å². The SMILES string of the molecule is COc1ccc(Cl)cc1CN(CC(=O)O)c1ccccc1. The van der Waals surface area contributed by atoms with Gasteiger partial charge in [-0.2, -0.15) is 0 Å². The first-order chi connectivity index (χ1) is 10.1. The highest BCUT2D eigenvalue weighted by atomic mass is 35.5. The molecular weight excluding hydrogens is 290 g/mol. The number of para-hydroxylation sites is 1. The molecule has 21 heavy (non-hydrogen) atoms. The first-order valence-corrected chi connectivity index (χ1v) is 6.82. The van der Waals surface area contributed by atoms with Crippen molar-refractivity contribution < 1.29 is 14.6 Å². The fourth-order valence-electron chi connectivity index (χ4n) is 2.12. The molecule has 0 aromatic heterocycles. The number of rotatable bonds is 6. The van der Waals surface area contributed by atoms with E-state index in [0.717, 1.165) is 11.3 Å². The van der Waals surface area contributed by atoms with Crippen LogP contribution in [0.5, 0.6) is 5.75 Å². The van der Waals surface area contributed by atoms with Crippen LogP contribution in [-0.4, -0.2) is 24.7 Å². The number of ether oxygens (including phenoxy) is 1. The summed E-state index contributed by atoms with van der Waals surface area (Å²) in [4.78, 5) is 12.9. The molecule has 0 atom stereocenters. The third kappa shape index (κ3) is 4.13. The van der Waals surface area contributed by atoms with Gasteiger partial charge in [-0.1, -0.05) is 29.8 Å². The van der Waals surface area contributed by atoms with Gasteiger partial charge < -0.3 is 14.7 Å². The Hall–Kier alpha value is -2.20. The third-order valence-corrected chi connectivity index (χ3v) is 3.29. The summed E-state index contributed by atoms with van der Waals surface area (Å²) < 4.78 is 5.31. The molecule has 0 saturated heterocycles. The molecule has 1 N–H and O–H groups in total. The van der Waals surface area contributed by atoms with Gasteiger partial charge in [-0.05, 0) is 30.3 Å². The Morgan fingerprint density at radius 3 is 2.57 bits per heavy atom. The molecule has 110 valence electrons. The van der Waals surface area contributed by atoms with Gasteiger partial charge in [0.2, 0.25) is 0 Å². The van der Waals surface area contributed by atoms with Crippen LogP contribution < -0.4 is 9.64 Å². The molecule has 0 aliphatic carbocycles. The molecule has 0 saturated carbocycles. The number of anilines is 1. The van der Waals surface area contributed by atoms with Crippen molar-refractivity contribution in [3.8, 4) is 5.75 Å². The van der Waals surface area contributed by atoms with Crippen LogP contribution in [0.2, 0.25) is 5.02 Å². The summed E-state index contributed by atoms with van der Waals surface area (Å²) in [5.41, 5.74) is 1.68. The summed E-state index contributed by atoms with van der Waals surface area (Å²) in [5, 5.41) is 9.70. The normalized spacial score (nSPS) is 10.2. The van der Waals surface area contributed by atoms with Gasteiger partial charge in [0, 0.05) is 22.8 Å². The lowest BCUT2D eigenvalue weighted by molar-refractivity contribution is -0.135. The maximum Gasteiger partial charge on any atom is 0.323 e. The molecule has 0 heterocycles. The van der Waals surface area contributed by atoms with E-state index in [2.05, 4.69) is 0 Å². The fourth-order valence-corrected chi connectivity index (χ4v) is 2.31. The standard InChI is InChI=1S/C16H16ClNO3/c1-21-15-8-7-13(17)9-12(15)10-18(11-16(19)20)14-5-3-2-4-6-14/h2-9H,10-11H2,1H3,(H,19,20). The van der Waals surface area contributed by atoms with E-state index in [1.54, 1.807) is 30.2 Å². The maximum atomic E-state index is 11.1. The molecular formula is C16H16ClNO3. The number of hydrogen-bond acceptors (Lipinski definition) is 3. The van der Waals surface area contributed by atoms with Crippen molar-refractivity contribution in [3.05, 3.63) is 59.1 Å². The number of hydrogen-bond donors (Lipinski definition) is 1. The van der Waals surface area contributed by atoms with E-state index in [0.29, 0.717) is 17.3 Å². The topological polar surface area (TPSA) is 49.8 Å². The van der Waals surface area contributed by atoms with Gasteiger partial charge in [0.05, 0.1) is 7.11 Å². The number of carboxylic acid groups (broad SMARTS) is 1. The number of benzene rings is 2. The van der Waals surface area contributed by atoms with E-state index in [-0.39, 0.29) is 6.54 Å². The molecule has 4 nitrogen and oxygen atoms in total.